The predicted octanol–water partition coefficient (Wildman–Crippen LogP) is 1.92. The summed E-state index contributed by atoms with van der Waals surface area (Å²) in [7, 11) is 1.87. The molecule has 1 aliphatic rings. The van der Waals surface area contributed by atoms with E-state index in [0.717, 1.165) is 5.82 Å². The maximum Gasteiger partial charge on any atom is 0.312 e. The lowest BCUT2D eigenvalue weighted by atomic mass is 10.1. The van der Waals surface area contributed by atoms with Gasteiger partial charge in [-0.2, -0.15) is 0 Å². The van der Waals surface area contributed by atoms with Crippen LogP contribution in [0, 0.1) is 10.1 Å². The van der Waals surface area contributed by atoms with Gasteiger partial charge in [0.05, 0.1) is 4.92 Å². The van der Waals surface area contributed by atoms with Crippen LogP contribution in [-0.4, -0.2) is 51.0 Å². The number of amides is 1. The van der Waals surface area contributed by atoms with Crippen LogP contribution < -0.4 is 10.1 Å². The van der Waals surface area contributed by atoms with Crippen LogP contribution in [0.2, 0.25) is 5.02 Å². The second-order valence-corrected chi connectivity index (χ2v) is 6.71. The number of halogens is 1. The van der Waals surface area contributed by atoms with Gasteiger partial charge in [-0.15, -0.1) is 0 Å². The molecule has 0 radical (unpaired) electrons. The molecular weight excluding hydrogens is 374 g/mol. The fourth-order valence-electron chi connectivity index (χ4n) is 3.10. The minimum Gasteiger partial charge on any atom is -0.474 e. The standard InChI is InChI=1S/C17H20ClN5O4/c1-11(27-15-4-3-12(18)9-13(15)23(25)26)17(24)22-8-5-19-10-14(22)16-20-6-7-21(16)2/h3-4,6-7,9,11,14,19H,5,8,10H2,1-2H3. The lowest BCUT2D eigenvalue weighted by molar-refractivity contribution is -0.386. The van der Waals surface area contributed by atoms with Crippen molar-refractivity contribution < 1.29 is 14.5 Å². The number of imidazole rings is 1. The third kappa shape index (κ3) is 4.04. The first kappa shape index (κ1) is 19.1. The first-order valence-electron chi connectivity index (χ1n) is 8.47. The molecule has 0 bridgehead atoms. The second-order valence-electron chi connectivity index (χ2n) is 6.28. The first-order chi connectivity index (χ1) is 12.9. The molecule has 144 valence electrons. The van der Waals surface area contributed by atoms with Crippen molar-refractivity contribution in [2.75, 3.05) is 19.6 Å². The zero-order valence-corrected chi connectivity index (χ0v) is 15.7. The minimum atomic E-state index is -0.897. The number of aromatic nitrogens is 2. The number of nitro groups is 1. The summed E-state index contributed by atoms with van der Waals surface area (Å²) < 4.78 is 7.50. The Kier molecular flexibility index (Phi) is 5.62. The molecule has 1 N–H and O–H groups in total. The van der Waals surface area contributed by atoms with Crippen molar-refractivity contribution in [2.45, 2.75) is 19.1 Å². The van der Waals surface area contributed by atoms with E-state index in [-0.39, 0.29) is 28.4 Å². The zero-order valence-electron chi connectivity index (χ0n) is 15.0. The van der Waals surface area contributed by atoms with Gasteiger partial charge in [-0.05, 0) is 19.1 Å². The maximum atomic E-state index is 13.0. The van der Waals surface area contributed by atoms with E-state index in [4.69, 9.17) is 16.3 Å². The van der Waals surface area contributed by atoms with Crippen LogP contribution in [-0.2, 0) is 11.8 Å². The Bertz CT molecular complexity index is 856. The van der Waals surface area contributed by atoms with E-state index in [1.165, 1.54) is 18.2 Å². The fourth-order valence-corrected chi connectivity index (χ4v) is 3.27. The molecule has 1 aromatic carbocycles. The highest BCUT2D eigenvalue weighted by Crippen LogP contribution is 2.31. The number of ether oxygens (including phenoxy) is 1. The average Bonchev–Trinajstić information content (AvgIpc) is 3.08. The van der Waals surface area contributed by atoms with Gasteiger partial charge in [-0.3, -0.25) is 14.9 Å². The molecule has 0 spiro atoms. The van der Waals surface area contributed by atoms with E-state index in [9.17, 15) is 14.9 Å². The summed E-state index contributed by atoms with van der Waals surface area (Å²) in [6.07, 6.45) is 2.61. The molecule has 1 fully saturated rings. The van der Waals surface area contributed by atoms with Gasteiger partial charge < -0.3 is 19.5 Å². The molecule has 3 rings (SSSR count). The van der Waals surface area contributed by atoms with E-state index in [2.05, 4.69) is 10.3 Å². The lowest BCUT2D eigenvalue weighted by Crippen LogP contribution is -2.52. The van der Waals surface area contributed by atoms with Crippen molar-refractivity contribution in [3.8, 4) is 5.75 Å². The highest BCUT2D eigenvalue weighted by molar-refractivity contribution is 6.30. The number of piperazine rings is 1. The van der Waals surface area contributed by atoms with Crippen LogP contribution >= 0.6 is 11.6 Å². The van der Waals surface area contributed by atoms with Crippen LogP contribution in [0.5, 0.6) is 5.75 Å². The molecule has 1 saturated heterocycles. The Morgan fingerprint density at radius 2 is 2.30 bits per heavy atom. The third-order valence-electron chi connectivity index (χ3n) is 4.45. The van der Waals surface area contributed by atoms with E-state index >= 15 is 0 Å². The number of carbonyl (C=O) groups excluding carboxylic acids is 1. The monoisotopic (exact) mass is 393 g/mol. The van der Waals surface area contributed by atoms with E-state index in [0.29, 0.717) is 19.6 Å². The van der Waals surface area contributed by atoms with Gasteiger partial charge in [0, 0.05) is 50.2 Å². The van der Waals surface area contributed by atoms with E-state index in [1.54, 1.807) is 18.0 Å². The molecular formula is C17H20ClN5O4. The van der Waals surface area contributed by atoms with Crippen LogP contribution in [0.3, 0.4) is 0 Å². The van der Waals surface area contributed by atoms with Gasteiger partial charge in [0.1, 0.15) is 11.9 Å². The summed E-state index contributed by atoms with van der Waals surface area (Å²) in [5.74, 6) is 0.517. The van der Waals surface area contributed by atoms with Gasteiger partial charge in [-0.25, -0.2) is 4.98 Å². The number of aryl methyl sites for hydroxylation is 1. The normalized spacial score (nSPS) is 18.2. The summed E-state index contributed by atoms with van der Waals surface area (Å²) in [5, 5.41) is 14.7. The number of carbonyl (C=O) groups is 1. The third-order valence-corrected chi connectivity index (χ3v) is 4.69. The van der Waals surface area contributed by atoms with Gasteiger partial charge in [0.25, 0.3) is 5.91 Å². The minimum absolute atomic E-state index is 0.00826. The highest BCUT2D eigenvalue weighted by Gasteiger charge is 2.34. The molecule has 27 heavy (non-hydrogen) atoms. The molecule has 1 aliphatic heterocycles. The van der Waals surface area contributed by atoms with Crippen molar-refractivity contribution in [1.29, 1.82) is 0 Å². The van der Waals surface area contributed by atoms with Crippen molar-refractivity contribution in [2.24, 2.45) is 7.05 Å². The fraction of sp³-hybridized carbons (Fsp3) is 0.412. The Balaban J connectivity index is 1.80. The van der Waals surface area contributed by atoms with Crippen molar-refractivity contribution >= 4 is 23.2 Å². The molecule has 2 atom stereocenters. The topological polar surface area (TPSA) is 103 Å². The van der Waals surface area contributed by atoms with Crippen LogP contribution in [0.1, 0.15) is 18.8 Å². The lowest BCUT2D eigenvalue weighted by Gasteiger charge is -2.37. The highest BCUT2D eigenvalue weighted by atomic mass is 35.5. The average molecular weight is 394 g/mol. The van der Waals surface area contributed by atoms with Crippen molar-refractivity contribution in [3.05, 3.63) is 51.6 Å². The number of nitro benzene ring substituents is 1. The molecule has 2 heterocycles. The van der Waals surface area contributed by atoms with Gasteiger partial charge in [0.2, 0.25) is 0 Å². The Morgan fingerprint density at radius 3 is 2.96 bits per heavy atom. The summed E-state index contributed by atoms with van der Waals surface area (Å²) in [6.45, 7) is 3.30. The molecule has 0 saturated carbocycles. The second kappa shape index (κ2) is 7.93. The predicted molar refractivity (Wildman–Crippen MR) is 98.7 cm³/mol. The SMILES string of the molecule is CC(Oc1ccc(Cl)cc1[N+](=O)[O-])C(=O)N1CCNCC1c1nccn1C. The van der Waals surface area contributed by atoms with Crippen molar-refractivity contribution in [3.63, 3.8) is 0 Å². The molecule has 1 aromatic heterocycles. The smallest absolute Gasteiger partial charge is 0.312 e. The number of benzene rings is 1. The van der Waals surface area contributed by atoms with Crippen LogP contribution in [0.15, 0.2) is 30.6 Å². The van der Waals surface area contributed by atoms with E-state index < -0.39 is 11.0 Å². The summed E-state index contributed by atoms with van der Waals surface area (Å²) in [6, 6.07) is 3.86. The van der Waals surface area contributed by atoms with Gasteiger partial charge in [0.15, 0.2) is 11.9 Å². The summed E-state index contributed by atoms with van der Waals surface area (Å²) >= 11 is 5.82. The molecule has 0 aliphatic carbocycles. The number of rotatable bonds is 5. The van der Waals surface area contributed by atoms with Crippen LogP contribution in [0.4, 0.5) is 5.69 Å². The molecule has 1 amide bonds. The van der Waals surface area contributed by atoms with Gasteiger partial charge >= 0.3 is 5.69 Å². The quantitative estimate of drug-likeness (QED) is 0.615. The number of hydrogen-bond acceptors (Lipinski definition) is 6. The Morgan fingerprint density at radius 1 is 1.52 bits per heavy atom. The summed E-state index contributed by atoms with van der Waals surface area (Å²) in [4.78, 5) is 29.7. The Labute approximate surface area is 161 Å². The number of nitrogens with zero attached hydrogens (tertiary/aromatic N) is 4. The van der Waals surface area contributed by atoms with E-state index in [1.807, 2.05) is 17.8 Å². The number of hydrogen-bond donors (Lipinski definition) is 1. The molecule has 2 unspecified atom stereocenters. The molecule has 2 aromatic rings. The largest absolute Gasteiger partial charge is 0.474 e. The maximum absolute atomic E-state index is 13.0. The number of nitrogens with one attached hydrogen (secondary N) is 1. The van der Waals surface area contributed by atoms with Crippen LogP contribution in [0.25, 0.3) is 0 Å². The molecule has 10 heteroatoms. The first-order valence-corrected chi connectivity index (χ1v) is 8.85. The molecule has 9 nitrogen and oxygen atoms in total. The zero-order chi connectivity index (χ0) is 19.6. The Hall–Kier alpha value is -2.65. The van der Waals surface area contributed by atoms with Gasteiger partial charge in [-0.1, -0.05) is 11.6 Å². The van der Waals surface area contributed by atoms with Crippen molar-refractivity contribution in [1.82, 2.24) is 19.8 Å². The summed E-state index contributed by atoms with van der Waals surface area (Å²) in [5.41, 5.74) is -0.275.